The van der Waals surface area contributed by atoms with Gasteiger partial charge in [-0.2, -0.15) is 0 Å². The van der Waals surface area contributed by atoms with Crippen molar-refractivity contribution in [3.05, 3.63) is 28.2 Å². The molecule has 1 aliphatic rings. The van der Waals surface area contributed by atoms with Crippen LogP contribution in [0.2, 0.25) is 0 Å². The largest absolute Gasteiger partial charge is 0.497 e. The van der Waals surface area contributed by atoms with Gasteiger partial charge < -0.3 is 10.5 Å². The van der Waals surface area contributed by atoms with Gasteiger partial charge in [-0.15, -0.1) is 0 Å². The summed E-state index contributed by atoms with van der Waals surface area (Å²) in [5.74, 6) is 0.899. The van der Waals surface area contributed by atoms with Gasteiger partial charge in [0, 0.05) is 10.0 Å². The molecule has 0 atom stereocenters. The molecule has 15 heavy (non-hydrogen) atoms. The molecule has 3 heteroatoms. The van der Waals surface area contributed by atoms with E-state index in [1.807, 2.05) is 12.1 Å². The van der Waals surface area contributed by atoms with E-state index < -0.39 is 0 Å². The fraction of sp³-hybridized carbons (Fsp3) is 0.500. The smallest absolute Gasteiger partial charge is 0.119 e. The third-order valence-electron chi connectivity index (χ3n) is 3.14. The summed E-state index contributed by atoms with van der Waals surface area (Å²) in [6, 6.07) is 6.05. The first-order valence-electron chi connectivity index (χ1n) is 5.24. The fourth-order valence-corrected chi connectivity index (χ4v) is 2.39. The third-order valence-corrected chi connectivity index (χ3v) is 3.92. The van der Waals surface area contributed by atoms with Crippen LogP contribution in [-0.4, -0.2) is 12.6 Å². The Morgan fingerprint density at radius 1 is 1.47 bits per heavy atom. The Labute approximate surface area is 98.9 Å². The summed E-state index contributed by atoms with van der Waals surface area (Å²) >= 11 is 3.55. The minimum Gasteiger partial charge on any atom is -0.497 e. The SMILES string of the molecule is COc1ccc(Br)c(CC2(N)CCC2)c1. The zero-order chi connectivity index (χ0) is 10.9. The Balaban J connectivity index is 2.19. The van der Waals surface area contributed by atoms with E-state index in [0.29, 0.717) is 0 Å². The van der Waals surface area contributed by atoms with Gasteiger partial charge >= 0.3 is 0 Å². The van der Waals surface area contributed by atoms with Crippen molar-refractivity contribution in [3.8, 4) is 5.75 Å². The van der Waals surface area contributed by atoms with E-state index in [0.717, 1.165) is 29.5 Å². The lowest BCUT2D eigenvalue weighted by Gasteiger charge is -2.38. The van der Waals surface area contributed by atoms with Gasteiger partial charge in [-0.25, -0.2) is 0 Å². The van der Waals surface area contributed by atoms with Crippen LogP contribution in [0.3, 0.4) is 0 Å². The lowest BCUT2D eigenvalue weighted by Crippen LogP contribution is -2.48. The second kappa shape index (κ2) is 4.14. The van der Waals surface area contributed by atoms with Gasteiger partial charge in [0.2, 0.25) is 0 Å². The van der Waals surface area contributed by atoms with Crippen LogP contribution in [0.4, 0.5) is 0 Å². The van der Waals surface area contributed by atoms with Gasteiger partial charge in [-0.1, -0.05) is 15.9 Å². The lowest BCUT2D eigenvalue weighted by molar-refractivity contribution is 0.247. The van der Waals surface area contributed by atoms with Crippen molar-refractivity contribution < 1.29 is 4.74 Å². The first-order valence-corrected chi connectivity index (χ1v) is 6.04. The number of hydrogen-bond acceptors (Lipinski definition) is 2. The van der Waals surface area contributed by atoms with E-state index in [9.17, 15) is 0 Å². The van der Waals surface area contributed by atoms with Crippen LogP contribution in [0.1, 0.15) is 24.8 Å². The Kier molecular flexibility index (Phi) is 3.03. The van der Waals surface area contributed by atoms with Gasteiger partial charge in [0.05, 0.1) is 7.11 Å². The average Bonchev–Trinajstić information content (AvgIpc) is 2.19. The van der Waals surface area contributed by atoms with Gasteiger partial charge in [0.1, 0.15) is 5.75 Å². The fourth-order valence-electron chi connectivity index (χ4n) is 2.00. The second-order valence-electron chi connectivity index (χ2n) is 4.35. The van der Waals surface area contributed by atoms with E-state index in [4.69, 9.17) is 10.5 Å². The number of nitrogens with two attached hydrogens (primary N) is 1. The monoisotopic (exact) mass is 269 g/mol. The van der Waals surface area contributed by atoms with Gasteiger partial charge in [-0.3, -0.25) is 0 Å². The molecule has 2 rings (SSSR count). The quantitative estimate of drug-likeness (QED) is 0.916. The predicted molar refractivity (Wildman–Crippen MR) is 65.2 cm³/mol. The molecule has 0 radical (unpaired) electrons. The Morgan fingerprint density at radius 2 is 2.20 bits per heavy atom. The topological polar surface area (TPSA) is 35.2 Å². The molecule has 1 aliphatic carbocycles. The summed E-state index contributed by atoms with van der Waals surface area (Å²) in [5, 5.41) is 0. The maximum absolute atomic E-state index is 6.23. The highest BCUT2D eigenvalue weighted by atomic mass is 79.9. The van der Waals surface area contributed by atoms with Crippen LogP contribution in [0.25, 0.3) is 0 Å². The van der Waals surface area contributed by atoms with Crippen LogP contribution in [-0.2, 0) is 6.42 Å². The molecule has 0 unspecified atom stereocenters. The second-order valence-corrected chi connectivity index (χ2v) is 5.20. The van der Waals surface area contributed by atoms with Crippen LogP contribution in [0, 0.1) is 0 Å². The molecule has 1 fully saturated rings. The standard InChI is InChI=1S/C12H16BrNO/c1-15-10-3-4-11(13)9(7-10)8-12(14)5-2-6-12/h3-4,7H,2,5-6,8,14H2,1H3. The molecular formula is C12H16BrNO. The molecule has 2 nitrogen and oxygen atoms in total. The number of ether oxygens (including phenoxy) is 1. The molecule has 2 N–H and O–H groups in total. The maximum Gasteiger partial charge on any atom is 0.119 e. The lowest BCUT2D eigenvalue weighted by atomic mass is 9.74. The van der Waals surface area contributed by atoms with Crippen molar-refractivity contribution in [1.29, 1.82) is 0 Å². The molecule has 0 aromatic heterocycles. The molecule has 82 valence electrons. The molecular weight excluding hydrogens is 254 g/mol. The number of methoxy groups -OCH3 is 1. The first kappa shape index (κ1) is 11.0. The van der Waals surface area contributed by atoms with Crippen LogP contribution in [0.15, 0.2) is 22.7 Å². The van der Waals surface area contributed by atoms with Crippen molar-refractivity contribution in [1.82, 2.24) is 0 Å². The van der Waals surface area contributed by atoms with Crippen molar-refractivity contribution in [2.24, 2.45) is 5.73 Å². The van der Waals surface area contributed by atoms with Crippen LogP contribution >= 0.6 is 15.9 Å². The molecule has 1 aromatic carbocycles. The normalized spacial score (nSPS) is 18.3. The van der Waals surface area contributed by atoms with E-state index >= 15 is 0 Å². The minimum absolute atomic E-state index is 0.0227. The van der Waals surface area contributed by atoms with Crippen molar-refractivity contribution >= 4 is 15.9 Å². The summed E-state index contributed by atoms with van der Waals surface area (Å²) in [5.41, 5.74) is 7.50. The minimum atomic E-state index is 0.0227. The summed E-state index contributed by atoms with van der Waals surface area (Å²) < 4.78 is 6.34. The highest BCUT2D eigenvalue weighted by molar-refractivity contribution is 9.10. The summed E-state index contributed by atoms with van der Waals surface area (Å²) in [7, 11) is 1.69. The summed E-state index contributed by atoms with van der Waals surface area (Å²) in [4.78, 5) is 0. The highest BCUT2D eigenvalue weighted by Crippen LogP contribution is 2.35. The maximum atomic E-state index is 6.23. The van der Waals surface area contributed by atoms with Crippen molar-refractivity contribution in [2.75, 3.05) is 7.11 Å². The van der Waals surface area contributed by atoms with Crippen molar-refractivity contribution in [3.63, 3.8) is 0 Å². The van der Waals surface area contributed by atoms with Crippen LogP contribution < -0.4 is 10.5 Å². The predicted octanol–water partition coefficient (Wildman–Crippen LogP) is 2.88. The zero-order valence-electron chi connectivity index (χ0n) is 8.92. The highest BCUT2D eigenvalue weighted by Gasteiger charge is 2.32. The number of rotatable bonds is 3. The van der Waals surface area contributed by atoms with Crippen molar-refractivity contribution in [2.45, 2.75) is 31.2 Å². The summed E-state index contributed by atoms with van der Waals surface area (Å²) in [6.45, 7) is 0. The number of benzene rings is 1. The van der Waals surface area contributed by atoms with E-state index in [1.54, 1.807) is 7.11 Å². The molecule has 0 saturated heterocycles. The van der Waals surface area contributed by atoms with Gasteiger partial charge in [0.15, 0.2) is 0 Å². The average molecular weight is 270 g/mol. The first-order chi connectivity index (χ1) is 7.13. The molecule has 1 aromatic rings. The molecule has 0 amide bonds. The van der Waals surface area contributed by atoms with E-state index in [2.05, 4.69) is 22.0 Å². The Bertz CT molecular complexity index is 361. The third kappa shape index (κ3) is 2.34. The van der Waals surface area contributed by atoms with E-state index in [-0.39, 0.29) is 5.54 Å². The van der Waals surface area contributed by atoms with E-state index in [1.165, 1.54) is 12.0 Å². The summed E-state index contributed by atoms with van der Waals surface area (Å²) in [6.07, 6.45) is 4.47. The Hall–Kier alpha value is -0.540. The van der Waals surface area contributed by atoms with Crippen LogP contribution in [0.5, 0.6) is 5.75 Å². The molecule has 0 aliphatic heterocycles. The molecule has 1 saturated carbocycles. The van der Waals surface area contributed by atoms with Gasteiger partial charge in [0.25, 0.3) is 0 Å². The molecule has 0 bridgehead atoms. The Morgan fingerprint density at radius 3 is 2.73 bits per heavy atom. The molecule has 0 heterocycles. The zero-order valence-corrected chi connectivity index (χ0v) is 10.5. The number of halogens is 1. The van der Waals surface area contributed by atoms with Gasteiger partial charge in [-0.05, 0) is 49.4 Å². The molecule has 0 spiro atoms. The number of hydrogen-bond donors (Lipinski definition) is 1.